The quantitative estimate of drug-likeness (QED) is 0.293. The summed E-state index contributed by atoms with van der Waals surface area (Å²) in [5, 5.41) is 1.60. The van der Waals surface area contributed by atoms with Crippen LogP contribution in [0.1, 0.15) is 31.7 Å². The van der Waals surface area contributed by atoms with E-state index in [9.17, 15) is 4.39 Å². The second-order valence-corrected chi connectivity index (χ2v) is 7.52. The zero-order valence-electron chi connectivity index (χ0n) is 16.6. The van der Waals surface area contributed by atoms with Gasteiger partial charge in [0.2, 0.25) is 0 Å². The fraction of sp³-hybridized carbons (Fsp3) is 0.185. The smallest absolute Gasteiger partial charge is 0.138 e. The maximum atomic E-state index is 15.2. The lowest BCUT2D eigenvalue weighted by molar-refractivity contribution is 0.628. The molecular formula is C27H24F2. The van der Waals surface area contributed by atoms with Crippen molar-refractivity contribution in [3.05, 3.63) is 96.1 Å². The highest BCUT2D eigenvalue weighted by molar-refractivity contribution is 5.89. The summed E-state index contributed by atoms with van der Waals surface area (Å²) in [6, 6.07) is 24.0. The Morgan fingerprint density at radius 1 is 0.655 bits per heavy atom. The van der Waals surface area contributed by atoms with Crippen molar-refractivity contribution < 1.29 is 8.78 Å². The van der Waals surface area contributed by atoms with Crippen molar-refractivity contribution in [2.75, 3.05) is 0 Å². The molecule has 0 bridgehead atoms. The Morgan fingerprint density at radius 2 is 1.31 bits per heavy atom. The van der Waals surface area contributed by atoms with Crippen LogP contribution in [-0.4, -0.2) is 0 Å². The van der Waals surface area contributed by atoms with Crippen LogP contribution in [0.2, 0.25) is 0 Å². The highest BCUT2D eigenvalue weighted by atomic mass is 19.1. The molecule has 0 aliphatic carbocycles. The largest absolute Gasteiger partial charge is 0.207 e. The number of hydrogen-bond donors (Lipinski definition) is 0. The summed E-state index contributed by atoms with van der Waals surface area (Å²) >= 11 is 0. The molecule has 0 amide bonds. The second-order valence-electron chi connectivity index (χ2n) is 7.52. The highest BCUT2D eigenvalue weighted by Crippen LogP contribution is 2.31. The van der Waals surface area contributed by atoms with E-state index in [2.05, 4.69) is 13.0 Å². The molecule has 2 heteroatoms. The van der Waals surface area contributed by atoms with E-state index in [1.807, 2.05) is 48.5 Å². The molecule has 29 heavy (non-hydrogen) atoms. The third-order valence-electron chi connectivity index (χ3n) is 5.46. The average molecular weight is 386 g/mol. The van der Waals surface area contributed by atoms with Gasteiger partial charge in [-0.2, -0.15) is 0 Å². The van der Waals surface area contributed by atoms with Gasteiger partial charge in [0.15, 0.2) is 0 Å². The first-order chi connectivity index (χ1) is 14.2. The molecule has 0 aliphatic rings. The number of benzene rings is 4. The van der Waals surface area contributed by atoms with Crippen LogP contribution in [0.15, 0.2) is 78.9 Å². The SMILES string of the molecule is CCCCCc1ccc2c(F)c(-c3ccc(-c4ccc(F)cc4)cc3)ccc2c1. The van der Waals surface area contributed by atoms with Crippen molar-refractivity contribution in [3.8, 4) is 22.3 Å². The number of rotatable bonds is 6. The van der Waals surface area contributed by atoms with Crippen molar-refractivity contribution in [2.24, 2.45) is 0 Å². The summed E-state index contributed by atoms with van der Waals surface area (Å²) in [5.41, 5.74) is 4.62. The lowest BCUT2D eigenvalue weighted by Gasteiger charge is -2.10. The Kier molecular flexibility index (Phi) is 5.71. The van der Waals surface area contributed by atoms with E-state index in [1.54, 1.807) is 12.1 Å². The van der Waals surface area contributed by atoms with E-state index in [0.717, 1.165) is 28.5 Å². The standard InChI is InChI=1S/C27H24F2/c1-2-3-4-5-19-6-16-26-23(18-19)13-17-25(27(26)29)22-9-7-20(8-10-22)21-11-14-24(28)15-12-21/h6-18H,2-5H2,1H3. The topological polar surface area (TPSA) is 0 Å². The van der Waals surface area contributed by atoms with Gasteiger partial charge in [0.05, 0.1) is 0 Å². The van der Waals surface area contributed by atoms with Gasteiger partial charge in [0.1, 0.15) is 11.6 Å². The van der Waals surface area contributed by atoms with Crippen molar-refractivity contribution in [3.63, 3.8) is 0 Å². The van der Waals surface area contributed by atoms with Crippen molar-refractivity contribution in [2.45, 2.75) is 32.6 Å². The van der Waals surface area contributed by atoms with Gasteiger partial charge in [0.25, 0.3) is 0 Å². The molecular weight excluding hydrogens is 362 g/mol. The van der Waals surface area contributed by atoms with Gasteiger partial charge in [-0.25, -0.2) is 8.78 Å². The molecule has 0 radical (unpaired) electrons. The maximum Gasteiger partial charge on any atom is 0.138 e. The number of aryl methyl sites for hydroxylation is 1. The van der Waals surface area contributed by atoms with Crippen LogP contribution in [0.25, 0.3) is 33.0 Å². The van der Waals surface area contributed by atoms with Crippen LogP contribution < -0.4 is 0 Å². The van der Waals surface area contributed by atoms with Gasteiger partial charge in [-0.05, 0) is 52.6 Å². The summed E-state index contributed by atoms with van der Waals surface area (Å²) in [6.07, 6.45) is 4.63. The lowest BCUT2D eigenvalue weighted by atomic mass is 9.96. The Morgan fingerprint density at radius 3 is 2.00 bits per heavy atom. The minimum atomic E-state index is -0.253. The predicted octanol–water partition coefficient (Wildman–Crippen LogP) is 8.18. The van der Waals surface area contributed by atoms with Gasteiger partial charge in [-0.15, -0.1) is 0 Å². The first-order valence-corrected chi connectivity index (χ1v) is 10.2. The van der Waals surface area contributed by atoms with Gasteiger partial charge in [0, 0.05) is 10.9 Å². The molecule has 0 atom stereocenters. The third-order valence-corrected chi connectivity index (χ3v) is 5.46. The molecule has 0 saturated carbocycles. The van der Waals surface area contributed by atoms with E-state index in [1.165, 1.54) is 37.0 Å². The van der Waals surface area contributed by atoms with Crippen LogP contribution in [0, 0.1) is 11.6 Å². The summed E-state index contributed by atoms with van der Waals surface area (Å²) < 4.78 is 28.3. The first-order valence-electron chi connectivity index (χ1n) is 10.2. The van der Waals surface area contributed by atoms with Gasteiger partial charge < -0.3 is 0 Å². The molecule has 0 unspecified atom stereocenters. The number of fused-ring (bicyclic) bond motifs is 1. The Hall–Kier alpha value is -3.00. The Bertz CT molecular complexity index is 1110. The minimum Gasteiger partial charge on any atom is -0.207 e. The van der Waals surface area contributed by atoms with Gasteiger partial charge >= 0.3 is 0 Å². The summed E-state index contributed by atoms with van der Waals surface area (Å²) in [7, 11) is 0. The average Bonchev–Trinajstić information content (AvgIpc) is 2.75. The van der Waals surface area contributed by atoms with Crippen LogP contribution >= 0.6 is 0 Å². The van der Waals surface area contributed by atoms with Gasteiger partial charge in [-0.1, -0.05) is 86.5 Å². The molecule has 4 aromatic rings. The number of unbranched alkanes of at least 4 members (excludes halogenated alkanes) is 2. The monoisotopic (exact) mass is 386 g/mol. The molecule has 4 rings (SSSR count). The van der Waals surface area contributed by atoms with Crippen LogP contribution in [0.3, 0.4) is 0 Å². The highest BCUT2D eigenvalue weighted by Gasteiger charge is 2.10. The number of halogens is 2. The van der Waals surface area contributed by atoms with Crippen molar-refractivity contribution in [1.82, 2.24) is 0 Å². The first kappa shape index (κ1) is 19.3. The zero-order valence-corrected chi connectivity index (χ0v) is 16.6. The molecule has 0 aromatic heterocycles. The summed E-state index contributed by atoms with van der Waals surface area (Å²) in [5.74, 6) is -0.436. The maximum absolute atomic E-state index is 15.2. The van der Waals surface area contributed by atoms with E-state index in [0.29, 0.717) is 10.9 Å². The van der Waals surface area contributed by atoms with Crippen molar-refractivity contribution in [1.29, 1.82) is 0 Å². The molecule has 0 saturated heterocycles. The fourth-order valence-electron chi connectivity index (χ4n) is 3.78. The zero-order chi connectivity index (χ0) is 20.2. The minimum absolute atomic E-state index is 0.183. The van der Waals surface area contributed by atoms with E-state index in [-0.39, 0.29) is 11.6 Å². The van der Waals surface area contributed by atoms with Crippen LogP contribution in [-0.2, 0) is 6.42 Å². The normalized spacial score (nSPS) is 11.1. The summed E-state index contributed by atoms with van der Waals surface area (Å²) in [4.78, 5) is 0. The van der Waals surface area contributed by atoms with Crippen LogP contribution in [0.5, 0.6) is 0 Å². The lowest BCUT2D eigenvalue weighted by Crippen LogP contribution is -1.90. The third kappa shape index (κ3) is 4.22. The molecule has 0 N–H and O–H groups in total. The molecule has 0 heterocycles. The van der Waals surface area contributed by atoms with E-state index in [4.69, 9.17) is 0 Å². The number of hydrogen-bond acceptors (Lipinski definition) is 0. The van der Waals surface area contributed by atoms with E-state index >= 15 is 4.39 Å². The molecule has 146 valence electrons. The molecule has 4 aromatic carbocycles. The van der Waals surface area contributed by atoms with Crippen LogP contribution in [0.4, 0.5) is 8.78 Å². The molecule has 0 fully saturated rings. The fourth-order valence-corrected chi connectivity index (χ4v) is 3.78. The van der Waals surface area contributed by atoms with Crippen molar-refractivity contribution >= 4 is 10.8 Å². The summed E-state index contributed by atoms with van der Waals surface area (Å²) in [6.45, 7) is 2.20. The second kappa shape index (κ2) is 8.57. The molecule has 0 nitrogen and oxygen atoms in total. The Labute approximate surface area is 170 Å². The van der Waals surface area contributed by atoms with E-state index < -0.39 is 0 Å². The van der Waals surface area contributed by atoms with Gasteiger partial charge in [-0.3, -0.25) is 0 Å². The Balaban J connectivity index is 1.62. The predicted molar refractivity (Wildman–Crippen MR) is 118 cm³/mol. The molecule has 0 spiro atoms. The molecule has 0 aliphatic heterocycles.